The van der Waals surface area contributed by atoms with Gasteiger partial charge in [0.15, 0.2) is 0 Å². The largest absolute Gasteiger partial charge is 0.489 e. The van der Waals surface area contributed by atoms with Crippen molar-refractivity contribution >= 4 is 11.9 Å². The van der Waals surface area contributed by atoms with Crippen LogP contribution in [-0.4, -0.2) is 34.5 Å². The van der Waals surface area contributed by atoms with Crippen molar-refractivity contribution in [3.8, 4) is 17.1 Å². The SMILES string of the molecule is [2H]C([2H])(c1ccccc1OC/C=C(\C)CCC(=O)O)N(C(=O)c1ccc(-c2ccco2)cc1)C(C)C. The fraction of sp³-hybridized carbons (Fsp3) is 0.286. The molecule has 3 rings (SSSR count). The van der Waals surface area contributed by atoms with Crippen LogP contribution in [0.15, 0.2) is 83.0 Å². The van der Waals surface area contributed by atoms with Crippen LogP contribution in [-0.2, 0) is 11.3 Å². The number of carbonyl (C=O) groups excluding carboxylic acids is 1. The zero-order valence-corrected chi connectivity index (χ0v) is 19.7. The topological polar surface area (TPSA) is 80.0 Å². The van der Waals surface area contributed by atoms with Crippen LogP contribution in [0.1, 0.15) is 52.3 Å². The van der Waals surface area contributed by atoms with E-state index in [-0.39, 0.29) is 18.6 Å². The molecule has 0 aliphatic heterocycles. The Kier molecular flexibility index (Phi) is 7.70. The van der Waals surface area contributed by atoms with Gasteiger partial charge in [-0.1, -0.05) is 35.9 Å². The van der Waals surface area contributed by atoms with Crippen molar-refractivity contribution in [3.05, 3.63) is 89.7 Å². The van der Waals surface area contributed by atoms with Crippen molar-refractivity contribution in [1.29, 1.82) is 0 Å². The lowest BCUT2D eigenvalue weighted by atomic mass is 10.1. The van der Waals surface area contributed by atoms with Gasteiger partial charge in [-0.15, -0.1) is 0 Å². The molecular weight excluding hydrogens is 430 g/mol. The number of hydrogen-bond donors (Lipinski definition) is 1. The first-order chi connectivity index (χ1) is 17.1. The first-order valence-corrected chi connectivity index (χ1v) is 11.2. The zero-order valence-electron chi connectivity index (χ0n) is 21.7. The fourth-order valence-electron chi connectivity index (χ4n) is 3.27. The molecule has 0 unspecified atom stereocenters. The second-order valence-corrected chi connectivity index (χ2v) is 8.19. The Balaban J connectivity index is 1.83. The molecule has 0 fully saturated rings. The molecule has 3 aromatic rings. The molecule has 0 bridgehead atoms. The van der Waals surface area contributed by atoms with E-state index in [2.05, 4.69) is 0 Å². The average molecular weight is 464 g/mol. The van der Waals surface area contributed by atoms with Crippen molar-refractivity contribution in [2.75, 3.05) is 6.61 Å². The number of furan rings is 1. The number of rotatable bonds is 11. The van der Waals surface area contributed by atoms with Crippen LogP contribution in [0.2, 0.25) is 0 Å². The highest BCUT2D eigenvalue weighted by atomic mass is 16.5. The minimum Gasteiger partial charge on any atom is -0.489 e. The van der Waals surface area contributed by atoms with Gasteiger partial charge in [-0.25, -0.2) is 0 Å². The summed E-state index contributed by atoms with van der Waals surface area (Å²) in [6, 6.07) is 16.8. The van der Waals surface area contributed by atoms with E-state index < -0.39 is 24.4 Å². The number of benzene rings is 2. The second-order valence-electron chi connectivity index (χ2n) is 8.19. The lowest BCUT2D eigenvalue weighted by molar-refractivity contribution is -0.136. The summed E-state index contributed by atoms with van der Waals surface area (Å²) in [5, 5.41) is 8.84. The highest BCUT2D eigenvalue weighted by molar-refractivity contribution is 5.94. The summed E-state index contributed by atoms with van der Waals surface area (Å²) in [6.07, 6.45) is 3.81. The van der Waals surface area contributed by atoms with E-state index in [4.69, 9.17) is 17.0 Å². The molecule has 0 radical (unpaired) electrons. The van der Waals surface area contributed by atoms with Crippen molar-refractivity contribution in [2.24, 2.45) is 0 Å². The standard InChI is InChI=1S/C28H31NO5/c1-20(2)29(28(32)23-13-11-22(12-14-23)25-9-6-17-33-25)19-24-7-4-5-8-26(24)34-18-16-21(3)10-15-27(30)31/h4-9,11-14,16-17,20H,10,15,18-19H2,1-3H3,(H,30,31)/b21-16+/i19D2. The van der Waals surface area contributed by atoms with Gasteiger partial charge in [0, 0.05) is 35.6 Å². The maximum absolute atomic E-state index is 13.5. The number of carbonyl (C=O) groups is 2. The third-order valence-corrected chi connectivity index (χ3v) is 5.20. The lowest BCUT2D eigenvalue weighted by Gasteiger charge is -2.28. The highest BCUT2D eigenvalue weighted by Gasteiger charge is 2.21. The molecule has 0 aliphatic rings. The zero-order chi connectivity index (χ0) is 26.3. The van der Waals surface area contributed by atoms with Crippen molar-refractivity contribution in [1.82, 2.24) is 4.90 Å². The summed E-state index contributed by atoms with van der Waals surface area (Å²) in [7, 11) is 0. The van der Waals surface area contributed by atoms with E-state index in [1.165, 1.54) is 4.90 Å². The molecule has 1 amide bonds. The quantitative estimate of drug-likeness (QED) is 0.343. The molecule has 34 heavy (non-hydrogen) atoms. The maximum atomic E-state index is 13.5. The van der Waals surface area contributed by atoms with Crippen molar-refractivity contribution in [3.63, 3.8) is 0 Å². The first kappa shape index (κ1) is 22.0. The Hall–Kier alpha value is -3.80. The molecule has 6 heteroatoms. The number of nitrogens with zero attached hydrogens (tertiary/aromatic N) is 1. The Bertz CT molecular complexity index is 1200. The average Bonchev–Trinajstić information content (AvgIpc) is 3.38. The third-order valence-electron chi connectivity index (χ3n) is 5.20. The van der Waals surface area contributed by atoms with E-state index >= 15 is 0 Å². The number of carboxylic acid groups (broad SMARTS) is 1. The van der Waals surface area contributed by atoms with Crippen LogP contribution in [0.3, 0.4) is 0 Å². The van der Waals surface area contributed by atoms with E-state index in [0.29, 0.717) is 23.5 Å². The summed E-state index contributed by atoms with van der Waals surface area (Å²) >= 11 is 0. The van der Waals surface area contributed by atoms with E-state index in [0.717, 1.165) is 11.1 Å². The normalized spacial score (nSPS) is 12.8. The van der Waals surface area contributed by atoms with Crippen molar-refractivity contribution in [2.45, 2.75) is 46.2 Å². The monoisotopic (exact) mass is 463 g/mol. The number of hydrogen-bond acceptors (Lipinski definition) is 4. The summed E-state index contributed by atoms with van der Waals surface area (Å²) in [6.45, 7) is 3.36. The predicted molar refractivity (Wildman–Crippen MR) is 132 cm³/mol. The van der Waals surface area contributed by atoms with Crippen LogP contribution in [0.5, 0.6) is 5.75 Å². The van der Waals surface area contributed by atoms with Gasteiger partial charge in [-0.2, -0.15) is 0 Å². The van der Waals surface area contributed by atoms with Gasteiger partial charge in [0.05, 0.1) is 9.00 Å². The molecule has 1 heterocycles. The van der Waals surface area contributed by atoms with Gasteiger partial charge in [-0.05, 0) is 63.6 Å². The summed E-state index contributed by atoms with van der Waals surface area (Å²) < 4.78 is 29.2. The van der Waals surface area contributed by atoms with Gasteiger partial charge >= 0.3 is 5.97 Å². The Labute approximate surface area is 203 Å². The van der Waals surface area contributed by atoms with Gasteiger partial charge in [-0.3, -0.25) is 9.59 Å². The lowest BCUT2D eigenvalue weighted by Crippen LogP contribution is -2.36. The van der Waals surface area contributed by atoms with Gasteiger partial charge in [0.2, 0.25) is 0 Å². The highest BCUT2D eigenvalue weighted by Crippen LogP contribution is 2.24. The number of amides is 1. The van der Waals surface area contributed by atoms with Gasteiger partial charge in [0.1, 0.15) is 18.1 Å². The molecule has 2 aromatic carbocycles. The molecule has 0 aliphatic carbocycles. The van der Waals surface area contributed by atoms with E-state index in [9.17, 15) is 9.59 Å². The van der Waals surface area contributed by atoms with Crippen molar-refractivity contribution < 1.29 is 26.6 Å². The minimum atomic E-state index is -2.16. The Morgan fingerprint density at radius 1 is 1.09 bits per heavy atom. The minimum absolute atomic E-state index is 0.0371. The predicted octanol–water partition coefficient (Wildman–Crippen LogP) is 6.19. The molecule has 0 atom stereocenters. The number of para-hydroxylation sites is 1. The molecule has 1 aromatic heterocycles. The molecule has 6 nitrogen and oxygen atoms in total. The molecule has 0 saturated heterocycles. The van der Waals surface area contributed by atoms with E-state index in [1.54, 1.807) is 80.8 Å². The molecular formula is C28H31NO5. The molecule has 1 N–H and O–H groups in total. The maximum Gasteiger partial charge on any atom is 0.303 e. The van der Waals surface area contributed by atoms with E-state index in [1.807, 2.05) is 13.0 Å². The molecule has 0 saturated carbocycles. The fourth-order valence-corrected chi connectivity index (χ4v) is 3.27. The summed E-state index contributed by atoms with van der Waals surface area (Å²) in [4.78, 5) is 25.5. The number of carboxylic acids is 1. The van der Waals surface area contributed by atoms with Gasteiger partial charge in [0.25, 0.3) is 5.91 Å². The molecule has 0 spiro atoms. The second kappa shape index (κ2) is 11.9. The van der Waals surface area contributed by atoms with Crippen LogP contribution >= 0.6 is 0 Å². The Morgan fingerprint density at radius 3 is 2.47 bits per heavy atom. The van der Waals surface area contributed by atoms with Crippen LogP contribution in [0.4, 0.5) is 0 Å². The van der Waals surface area contributed by atoms with Crippen LogP contribution < -0.4 is 4.74 Å². The molecule has 178 valence electrons. The number of aliphatic carboxylic acids is 1. The summed E-state index contributed by atoms with van der Waals surface area (Å²) in [5.74, 6) is -0.309. The smallest absolute Gasteiger partial charge is 0.303 e. The number of ether oxygens (including phenoxy) is 1. The summed E-state index contributed by atoms with van der Waals surface area (Å²) in [5.41, 5.74) is 2.28. The van der Waals surface area contributed by atoms with Crippen LogP contribution in [0, 0.1) is 0 Å². The first-order valence-electron chi connectivity index (χ1n) is 12.2. The number of allylic oxidation sites excluding steroid dienone is 1. The van der Waals surface area contributed by atoms with Crippen LogP contribution in [0.25, 0.3) is 11.3 Å². The van der Waals surface area contributed by atoms with Gasteiger partial charge < -0.3 is 19.2 Å². The Morgan fingerprint density at radius 2 is 1.82 bits per heavy atom. The third kappa shape index (κ3) is 6.85.